The van der Waals surface area contributed by atoms with Gasteiger partial charge in [0.1, 0.15) is 0 Å². The third-order valence-electron chi connectivity index (χ3n) is 5.26. The second-order valence-electron chi connectivity index (χ2n) is 8.04. The zero-order valence-electron chi connectivity index (χ0n) is 20.0. The van der Waals surface area contributed by atoms with Crippen LogP contribution >= 0.6 is 23.1 Å². The molecule has 0 aliphatic rings. The van der Waals surface area contributed by atoms with Crippen LogP contribution in [0.5, 0.6) is 0 Å². The third-order valence-corrected chi connectivity index (χ3v) is 6.98. The van der Waals surface area contributed by atoms with E-state index in [0.29, 0.717) is 28.2 Å². The summed E-state index contributed by atoms with van der Waals surface area (Å²) in [5.74, 6) is 0.345. The van der Waals surface area contributed by atoms with Crippen LogP contribution < -0.4 is 10.6 Å². The van der Waals surface area contributed by atoms with Crippen molar-refractivity contribution >= 4 is 40.0 Å². The Morgan fingerprint density at radius 3 is 2.61 bits per heavy atom. The highest BCUT2D eigenvalue weighted by Gasteiger charge is 2.20. The first-order chi connectivity index (χ1) is 17.4. The van der Waals surface area contributed by atoms with Crippen molar-refractivity contribution in [3.8, 4) is 11.3 Å². The topological polar surface area (TPSA) is 102 Å². The summed E-state index contributed by atoms with van der Waals surface area (Å²) >= 11 is 2.65. The summed E-state index contributed by atoms with van der Waals surface area (Å²) in [6.45, 7) is 8.08. The van der Waals surface area contributed by atoms with Crippen LogP contribution in [0.4, 0.5) is 5.13 Å². The second-order valence-corrected chi connectivity index (χ2v) is 9.84. The molecule has 0 aliphatic carbocycles. The minimum absolute atomic E-state index is 0.139. The van der Waals surface area contributed by atoms with Crippen LogP contribution in [0.15, 0.2) is 77.8 Å². The summed E-state index contributed by atoms with van der Waals surface area (Å²) in [6.07, 6.45) is 1.73. The van der Waals surface area contributed by atoms with Crippen molar-refractivity contribution in [3.05, 3.63) is 89.6 Å². The molecule has 2 aromatic carbocycles. The number of carbonyl (C=O) groups excluding carboxylic acids is 2. The fourth-order valence-electron chi connectivity index (χ4n) is 3.44. The van der Waals surface area contributed by atoms with Gasteiger partial charge in [-0.2, -0.15) is 0 Å². The van der Waals surface area contributed by atoms with Gasteiger partial charge in [0.2, 0.25) is 5.91 Å². The van der Waals surface area contributed by atoms with E-state index in [-0.39, 0.29) is 23.6 Å². The molecule has 0 saturated carbocycles. The lowest BCUT2D eigenvalue weighted by atomic mass is 10.1. The predicted molar refractivity (Wildman–Crippen MR) is 144 cm³/mol. The molecule has 0 fully saturated rings. The molecule has 8 nitrogen and oxygen atoms in total. The zero-order chi connectivity index (χ0) is 25.5. The lowest BCUT2D eigenvalue weighted by Crippen LogP contribution is -2.28. The van der Waals surface area contributed by atoms with Crippen LogP contribution in [0.3, 0.4) is 0 Å². The normalized spacial score (nSPS) is 11.6. The largest absolute Gasteiger partial charge is 0.342 e. The molecule has 2 heterocycles. The van der Waals surface area contributed by atoms with E-state index in [1.165, 1.54) is 23.1 Å². The van der Waals surface area contributed by atoms with E-state index < -0.39 is 0 Å². The molecule has 4 aromatic rings. The number of amides is 2. The molecule has 2 amide bonds. The number of anilines is 1. The Morgan fingerprint density at radius 2 is 1.89 bits per heavy atom. The van der Waals surface area contributed by atoms with Gasteiger partial charge in [-0.15, -0.1) is 28.1 Å². The Balaban J connectivity index is 1.37. The predicted octanol–water partition coefficient (Wildman–Crippen LogP) is 5.12. The van der Waals surface area contributed by atoms with Gasteiger partial charge in [-0.3, -0.25) is 9.59 Å². The highest BCUT2D eigenvalue weighted by atomic mass is 32.2. The van der Waals surface area contributed by atoms with Crippen molar-refractivity contribution in [2.45, 2.75) is 31.6 Å². The highest BCUT2D eigenvalue weighted by molar-refractivity contribution is 7.99. The first kappa shape index (κ1) is 25.3. The first-order valence-electron chi connectivity index (χ1n) is 11.3. The minimum Gasteiger partial charge on any atom is -0.342 e. The Hall–Kier alpha value is -3.76. The highest BCUT2D eigenvalue weighted by Crippen LogP contribution is 2.25. The number of thioether (sulfide) groups is 1. The van der Waals surface area contributed by atoms with Gasteiger partial charge in [0.05, 0.1) is 17.5 Å². The number of benzene rings is 2. The van der Waals surface area contributed by atoms with Crippen LogP contribution in [0, 0.1) is 6.92 Å². The van der Waals surface area contributed by atoms with Crippen molar-refractivity contribution in [1.29, 1.82) is 0 Å². The molecule has 0 saturated heterocycles. The molecule has 2 aromatic heterocycles. The number of aryl methyl sites for hydroxylation is 1. The lowest BCUT2D eigenvalue weighted by Gasteiger charge is -2.15. The SMILES string of the molecule is C=CCn1c(SCC(=O)Nc2nc(-c3ccccc3)cs2)nnc1[C@H](C)NC(=O)c1ccc(C)cc1. The summed E-state index contributed by atoms with van der Waals surface area (Å²) in [5, 5.41) is 17.4. The Morgan fingerprint density at radius 1 is 1.14 bits per heavy atom. The average Bonchev–Trinajstić information content (AvgIpc) is 3.51. The average molecular weight is 519 g/mol. The number of nitrogens with one attached hydrogen (secondary N) is 2. The molecule has 0 spiro atoms. The summed E-state index contributed by atoms with van der Waals surface area (Å²) in [6, 6.07) is 16.8. The van der Waals surface area contributed by atoms with Gasteiger partial charge < -0.3 is 15.2 Å². The number of thiazole rings is 1. The van der Waals surface area contributed by atoms with Crippen molar-refractivity contribution < 1.29 is 9.59 Å². The van der Waals surface area contributed by atoms with Gasteiger partial charge in [-0.25, -0.2) is 4.98 Å². The van der Waals surface area contributed by atoms with E-state index in [2.05, 4.69) is 32.4 Å². The smallest absolute Gasteiger partial charge is 0.251 e. The molecule has 36 heavy (non-hydrogen) atoms. The van der Waals surface area contributed by atoms with Crippen LogP contribution in [-0.2, 0) is 11.3 Å². The van der Waals surface area contributed by atoms with E-state index in [9.17, 15) is 9.59 Å². The summed E-state index contributed by atoms with van der Waals surface area (Å²) < 4.78 is 1.85. The number of allylic oxidation sites excluding steroid dienone is 1. The molecule has 2 N–H and O–H groups in total. The maximum atomic E-state index is 12.6. The Labute approximate surface area is 217 Å². The van der Waals surface area contributed by atoms with Crippen LogP contribution in [-0.4, -0.2) is 37.3 Å². The molecular formula is C26H26N6O2S2. The van der Waals surface area contributed by atoms with Gasteiger partial charge in [-0.1, -0.05) is 65.9 Å². The quantitative estimate of drug-likeness (QED) is 0.223. The van der Waals surface area contributed by atoms with E-state index in [4.69, 9.17) is 0 Å². The number of aromatic nitrogens is 4. The number of rotatable bonds is 10. The molecule has 10 heteroatoms. The van der Waals surface area contributed by atoms with Gasteiger partial charge in [0.15, 0.2) is 16.1 Å². The molecule has 184 valence electrons. The van der Waals surface area contributed by atoms with Crippen molar-refractivity contribution in [3.63, 3.8) is 0 Å². The van der Waals surface area contributed by atoms with E-state index in [1.807, 2.05) is 66.3 Å². The Kier molecular flexibility index (Phi) is 8.29. The van der Waals surface area contributed by atoms with Crippen molar-refractivity contribution in [2.24, 2.45) is 0 Å². The van der Waals surface area contributed by atoms with Crippen LogP contribution in [0.1, 0.15) is 34.7 Å². The summed E-state index contributed by atoms with van der Waals surface area (Å²) in [5.41, 5.74) is 3.48. The summed E-state index contributed by atoms with van der Waals surface area (Å²) in [4.78, 5) is 29.7. The number of nitrogens with zero attached hydrogens (tertiary/aromatic N) is 4. The zero-order valence-corrected chi connectivity index (χ0v) is 21.6. The molecule has 0 radical (unpaired) electrons. The fourth-order valence-corrected chi connectivity index (χ4v) is 4.93. The van der Waals surface area contributed by atoms with Crippen LogP contribution in [0.25, 0.3) is 11.3 Å². The maximum absolute atomic E-state index is 12.6. The maximum Gasteiger partial charge on any atom is 0.251 e. The Bertz CT molecular complexity index is 1350. The van der Waals surface area contributed by atoms with Gasteiger partial charge in [0, 0.05) is 23.1 Å². The second kappa shape index (κ2) is 11.8. The molecule has 0 bridgehead atoms. The fraction of sp³-hybridized carbons (Fsp3) is 0.192. The lowest BCUT2D eigenvalue weighted by molar-refractivity contribution is -0.113. The van der Waals surface area contributed by atoms with E-state index in [1.54, 1.807) is 18.2 Å². The monoisotopic (exact) mass is 518 g/mol. The summed E-state index contributed by atoms with van der Waals surface area (Å²) in [7, 11) is 0. The van der Waals surface area contributed by atoms with E-state index >= 15 is 0 Å². The van der Waals surface area contributed by atoms with Crippen molar-refractivity contribution in [1.82, 2.24) is 25.1 Å². The molecular weight excluding hydrogens is 492 g/mol. The number of hydrogen-bond acceptors (Lipinski definition) is 7. The standard InChI is InChI=1S/C26H26N6O2S2/c1-4-14-32-23(18(3)27-24(34)20-12-10-17(2)11-13-20)30-31-26(32)36-16-22(33)29-25-28-21(15-35-25)19-8-6-5-7-9-19/h4-13,15,18H,1,14,16H2,2-3H3,(H,27,34)(H,28,29,33)/t18-/m0/s1. The van der Waals surface area contributed by atoms with Crippen molar-refractivity contribution in [2.75, 3.05) is 11.1 Å². The van der Waals surface area contributed by atoms with Gasteiger partial charge >= 0.3 is 0 Å². The van der Waals surface area contributed by atoms with Gasteiger partial charge in [-0.05, 0) is 26.0 Å². The molecule has 4 rings (SSSR count). The molecule has 1 atom stereocenters. The van der Waals surface area contributed by atoms with Gasteiger partial charge in [0.25, 0.3) is 5.91 Å². The number of carbonyl (C=O) groups is 2. The molecule has 0 aliphatic heterocycles. The minimum atomic E-state index is -0.388. The number of hydrogen-bond donors (Lipinski definition) is 2. The van der Waals surface area contributed by atoms with E-state index in [0.717, 1.165) is 16.8 Å². The first-order valence-corrected chi connectivity index (χ1v) is 13.2. The molecule has 0 unspecified atom stereocenters. The van der Waals surface area contributed by atoms with Crippen LogP contribution in [0.2, 0.25) is 0 Å². The third kappa shape index (κ3) is 6.27.